The van der Waals surface area contributed by atoms with Crippen LogP contribution in [0, 0.1) is 0 Å². The number of anilines is 1. The van der Waals surface area contributed by atoms with Gasteiger partial charge < -0.3 is 15.1 Å². The van der Waals surface area contributed by atoms with Crippen LogP contribution in [0.25, 0.3) is 0 Å². The molecule has 1 heterocycles. The number of rotatable bonds is 3. The van der Waals surface area contributed by atoms with Gasteiger partial charge >= 0.3 is 5.97 Å². The lowest BCUT2D eigenvalue weighted by Crippen LogP contribution is -2.22. The van der Waals surface area contributed by atoms with Crippen molar-refractivity contribution in [3.63, 3.8) is 0 Å². The Morgan fingerprint density at radius 3 is 2.59 bits per heavy atom. The van der Waals surface area contributed by atoms with Gasteiger partial charge in [0.15, 0.2) is 6.10 Å². The number of carboxylic acid groups (broad SMARTS) is 1. The molecule has 0 radical (unpaired) electrons. The molecule has 0 spiro atoms. The number of aliphatic carboxylic acids is 1. The molecule has 1 aromatic rings. The summed E-state index contributed by atoms with van der Waals surface area (Å²) in [4.78, 5) is 13.0. The minimum absolute atomic E-state index is 0.295. The first-order valence-corrected chi connectivity index (χ1v) is 5.93. The van der Waals surface area contributed by atoms with E-state index in [9.17, 15) is 9.90 Å². The van der Waals surface area contributed by atoms with Crippen molar-refractivity contribution in [3.05, 3.63) is 28.8 Å². The molecule has 1 saturated heterocycles. The predicted molar refractivity (Wildman–Crippen MR) is 65.5 cm³/mol. The van der Waals surface area contributed by atoms with Gasteiger partial charge in [0.1, 0.15) is 0 Å². The molecule has 2 rings (SSSR count). The normalized spacial score (nSPS) is 17.2. The van der Waals surface area contributed by atoms with Crippen LogP contribution in [-0.4, -0.2) is 29.3 Å². The van der Waals surface area contributed by atoms with E-state index in [1.165, 1.54) is 0 Å². The van der Waals surface area contributed by atoms with Gasteiger partial charge in [-0.05, 0) is 25.0 Å². The van der Waals surface area contributed by atoms with Crippen molar-refractivity contribution in [3.8, 4) is 0 Å². The van der Waals surface area contributed by atoms with Crippen molar-refractivity contribution in [2.45, 2.75) is 18.9 Å². The Kier molecular flexibility index (Phi) is 3.54. The lowest BCUT2D eigenvalue weighted by atomic mass is 10.1. The van der Waals surface area contributed by atoms with Crippen molar-refractivity contribution in [2.24, 2.45) is 0 Å². The first-order chi connectivity index (χ1) is 8.11. The van der Waals surface area contributed by atoms with Crippen LogP contribution < -0.4 is 4.90 Å². The fourth-order valence-corrected chi connectivity index (χ4v) is 2.43. The molecule has 0 saturated carbocycles. The zero-order valence-electron chi connectivity index (χ0n) is 9.27. The Bertz CT molecular complexity index is 430. The van der Waals surface area contributed by atoms with Crippen LogP contribution in [0.15, 0.2) is 18.2 Å². The van der Waals surface area contributed by atoms with Gasteiger partial charge in [-0.1, -0.05) is 17.7 Å². The predicted octanol–water partition coefficient (Wildman–Crippen LogP) is 2.06. The topological polar surface area (TPSA) is 60.8 Å². The highest BCUT2D eigenvalue weighted by atomic mass is 35.5. The van der Waals surface area contributed by atoms with Crippen LogP contribution >= 0.6 is 11.6 Å². The van der Waals surface area contributed by atoms with Gasteiger partial charge in [-0.25, -0.2) is 4.79 Å². The number of halogens is 1. The van der Waals surface area contributed by atoms with Gasteiger partial charge in [-0.3, -0.25) is 0 Å². The summed E-state index contributed by atoms with van der Waals surface area (Å²) >= 11 is 6.00. The summed E-state index contributed by atoms with van der Waals surface area (Å²) in [5.41, 5.74) is 1.02. The zero-order valence-corrected chi connectivity index (χ0v) is 10.0. The molecule has 0 aliphatic carbocycles. The van der Waals surface area contributed by atoms with E-state index < -0.39 is 12.1 Å². The Morgan fingerprint density at radius 1 is 1.35 bits per heavy atom. The summed E-state index contributed by atoms with van der Waals surface area (Å²) in [6.45, 7) is 1.75. The standard InChI is InChI=1S/C12H14ClNO3/c13-8-4-3-5-9(14-6-1-2-7-14)10(8)11(15)12(16)17/h3-5,11,15H,1-2,6-7H2,(H,16,17). The average molecular weight is 256 g/mol. The quantitative estimate of drug-likeness (QED) is 0.868. The van der Waals surface area contributed by atoms with E-state index in [0.29, 0.717) is 10.6 Å². The number of nitrogens with zero attached hydrogens (tertiary/aromatic N) is 1. The molecule has 0 bridgehead atoms. The minimum atomic E-state index is -1.57. The summed E-state index contributed by atoms with van der Waals surface area (Å²) in [6.07, 6.45) is 0.587. The molecule has 17 heavy (non-hydrogen) atoms. The first-order valence-electron chi connectivity index (χ1n) is 5.55. The number of hydrogen-bond acceptors (Lipinski definition) is 3. The van der Waals surface area contributed by atoms with Gasteiger partial charge in [0, 0.05) is 29.4 Å². The minimum Gasteiger partial charge on any atom is -0.479 e. The molecular weight excluding hydrogens is 242 g/mol. The van der Waals surface area contributed by atoms with E-state index >= 15 is 0 Å². The molecule has 1 unspecified atom stereocenters. The highest BCUT2D eigenvalue weighted by molar-refractivity contribution is 6.32. The molecular formula is C12H14ClNO3. The molecule has 2 N–H and O–H groups in total. The Balaban J connectivity index is 2.43. The number of hydrogen-bond donors (Lipinski definition) is 2. The lowest BCUT2D eigenvalue weighted by Gasteiger charge is -2.23. The SMILES string of the molecule is O=C(O)C(O)c1c(Cl)cccc1N1CCCC1. The highest BCUT2D eigenvalue weighted by Gasteiger charge is 2.26. The maximum atomic E-state index is 10.9. The largest absolute Gasteiger partial charge is 0.479 e. The molecule has 5 heteroatoms. The Labute approximate surface area is 104 Å². The monoisotopic (exact) mass is 255 g/mol. The zero-order chi connectivity index (χ0) is 12.4. The van der Waals surface area contributed by atoms with Crippen molar-refractivity contribution >= 4 is 23.3 Å². The van der Waals surface area contributed by atoms with E-state index in [1.54, 1.807) is 18.2 Å². The molecule has 1 aromatic carbocycles. The number of benzene rings is 1. The van der Waals surface area contributed by atoms with Gasteiger partial charge in [-0.15, -0.1) is 0 Å². The van der Waals surface area contributed by atoms with E-state index in [0.717, 1.165) is 31.6 Å². The summed E-state index contributed by atoms with van der Waals surface area (Å²) in [6, 6.07) is 5.18. The smallest absolute Gasteiger partial charge is 0.337 e. The second kappa shape index (κ2) is 4.94. The first kappa shape index (κ1) is 12.2. The van der Waals surface area contributed by atoms with Gasteiger partial charge in [0.05, 0.1) is 0 Å². The molecule has 1 aliphatic heterocycles. The molecule has 1 atom stereocenters. The van der Waals surface area contributed by atoms with Crippen molar-refractivity contribution in [1.82, 2.24) is 0 Å². The number of carbonyl (C=O) groups is 1. The van der Waals surface area contributed by atoms with Crippen LogP contribution in [0.1, 0.15) is 24.5 Å². The summed E-state index contributed by atoms with van der Waals surface area (Å²) < 4.78 is 0. The van der Waals surface area contributed by atoms with Crippen molar-refractivity contribution in [2.75, 3.05) is 18.0 Å². The third-order valence-corrected chi connectivity index (χ3v) is 3.31. The van der Waals surface area contributed by atoms with Crippen LogP contribution in [0.3, 0.4) is 0 Å². The van der Waals surface area contributed by atoms with Gasteiger partial charge in [0.2, 0.25) is 0 Å². The number of aliphatic hydroxyl groups is 1. The highest BCUT2D eigenvalue weighted by Crippen LogP contribution is 2.34. The summed E-state index contributed by atoms with van der Waals surface area (Å²) in [5.74, 6) is -1.28. The Morgan fingerprint density at radius 2 is 2.00 bits per heavy atom. The average Bonchev–Trinajstić information content (AvgIpc) is 2.81. The van der Waals surface area contributed by atoms with E-state index in [1.807, 2.05) is 0 Å². The van der Waals surface area contributed by atoms with Gasteiger partial charge in [-0.2, -0.15) is 0 Å². The second-order valence-electron chi connectivity index (χ2n) is 4.11. The van der Waals surface area contributed by atoms with Crippen LogP contribution in [0.2, 0.25) is 5.02 Å². The second-order valence-corrected chi connectivity index (χ2v) is 4.51. The van der Waals surface area contributed by atoms with E-state index in [-0.39, 0.29) is 0 Å². The van der Waals surface area contributed by atoms with Crippen LogP contribution in [0.5, 0.6) is 0 Å². The third-order valence-electron chi connectivity index (χ3n) is 2.98. The maximum absolute atomic E-state index is 10.9. The molecule has 92 valence electrons. The van der Waals surface area contributed by atoms with Crippen LogP contribution in [-0.2, 0) is 4.79 Å². The maximum Gasteiger partial charge on any atom is 0.337 e. The molecule has 4 nitrogen and oxygen atoms in total. The van der Waals surface area contributed by atoms with Crippen molar-refractivity contribution < 1.29 is 15.0 Å². The fraction of sp³-hybridized carbons (Fsp3) is 0.417. The fourth-order valence-electron chi connectivity index (χ4n) is 2.15. The Hall–Kier alpha value is -1.26. The summed E-state index contributed by atoms with van der Waals surface area (Å²) in [5, 5.41) is 18.9. The lowest BCUT2D eigenvalue weighted by molar-refractivity contribution is -0.146. The third kappa shape index (κ3) is 2.37. The van der Waals surface area contributed by atoms with E-state index in [4.69, 9.17) is 16.7 Å². The molecule has 0 amide bonds. The van der Waals surface area contributed by atoms with Crippen molar-refractivity contribution in [1.29, 1.82) is 0 Å². The number of aliphatic hydroxyl groups excluding tert-OH is 1. The molecule has 1 aliphatic rings. The summed E-state index contributed by atoms with van der Waals surface area (Å²) in [7, 11) is 0. The molecule has 0 aromatic heterocycles. The van der Waals surface area contributed by atoms with Crippen LogP contribution in [0.4, 0.5) is 5.69 Å². The van der Waals surface area contributed by atoms with E-state index in [2.05, 4.69) is 4.90 Å². The number of carboxylic acids is 1. The van der Waals surface area contributed by atoms with Gasteiger partial charge in [0.25, 0.3) is 0 Å². The molecule has 1 fully saturated rings.